The van der Waals surface area contributed by atoms with Gasteiger partial charge in [-0.3, -0.25) is 15.0 Å². The Morgan fingerprint density at radius 3 is 2.28 bits per heavy atom. The van der Waals surface area contributed by atoms with E-state index < -0.39 is 11.5 Å². The number of benzene rings is 3. The molecule has 1 heterocycles. The van der Waals surface area contributed by atoms with Gasteiger partial charge in [0.05, 0.1) is 32.2 Å². The van der Waals surface area contributed by atoms with E-state index in [9.17, 15) is 9.59 Å². The second-order valence-corrected chi connectivity index (χ2v) is 6.83. The fraction of sp³-hybridized carbons (Fsp3) is 0.125. The molecular weight excluding hydrogens is 410 g/mol. The maximum absolute atomic E-state index is 13.3. The van der Waals surface area contributed by atoms with Crippen molar-refractivity contribution in [1.29, 1.82) is 0 Å². The number of nitrogens with zero attached hydrogens (tertiary/aromatic N) is 2. The molecule has 4 rings (SSSR count). The summed E-state index contributed by atoms with van der Waals surface area (Å²) in [6.45, 7) is 0. The molecule has 8 heteroatoms. The van der Waals surface area contributed by atoms with Gasteiger partial charge in [0, 0.05) is 11.1 Å². The van der Waals surface area contributed by atoms with Gasteiger partial charge < -0.3 is 14.2 Å². The number of hydrogen-bond acceptors (Lipinski definition) is 6. The lowest BCUT2D eigenvalue weighted by Crippen LogP contribution is -2.35. The van der Waals surface area contributed by atoms with Crippen molar-refractivity contribution in [3.8, 4) is 28.6 Å². The van der Waals surface area contributed by atoms with Crippen LogP contribution < -0.4 is 25.2 Å². The number of rotatable bonds is 6. The largest absolute Gasteiger partial charge is 0.497 e. The molecule has 8 nitrogen and oxygen atoms in total. The molecule has 0 aliphatic heterocycles. The first-order valence-electron chi connectivity index (χ1n) is 9.75. The SMILES string of the molecule is COc1ccc(-c2nc3ccccc3c(=O)n2NC(=O)c2ccc(OC)c(OC)c2)cc1. The molecule has 1 aromatic heterocycles. The van der Waals surface area contributed by atoms with E-state index in [2.05, 4.69) is 10.4 Å². The molecule has 0 aliphatic carbocycles. The van der Waals surface area contributed by atoms with Crippen molar-refractivity contribution in [3.05, 3.63) is 82.6 Å². The van der Waals surface area contributed by atoms with Crippen LogP contribution in [0.4, 0.5) is 0 Å². The number of carbonyl (C=O) groups is 1. The van der Waals surface area contributed by atoms with Gasteiger partial charge in [0.25, 0.3) is 11.5 Å². The predicted molar refractivity (Wildman–Crippen MR) is 121 cm³/mol. The third-order valence-corrected chi connectivity index (χ3v) is 4.98. The number of methoxy groups -OCH3 is 3. The van der Waals surface area contributed by atoms with Gasteiger partial charge in [0.2, 0.25) is 0 Å². The van der Waals surface area contributed by atoms with Gasteiger partial charge in [-0.1, -0.05) is 12.1 Å². The van der Waals surface area contributed by atoms with Crippen molar-refractivity contribution >= 4 is 16.8 Å². The lowest BCUT2D eigenvalue weighted by atomic mass is 10.1. The molecule has 162 valence electrons. The smallest absolute Gasteiger partial charge is 0.280 e. The van der Waals surface area contributed by atoms with Crippen molar-refractivity contribution in [2.45, 2.75) is 0 Å². The van der Waals surface area contributed by atoms with E-state index in [1.165, 1.54) is 14.2 Å². The van der Waals surface area contributed by atoms with Crippen LogP contribution in [0.3, 0.4) is 0 Å². The average Bonchev–Trinajstić information content (AvgIpc) is 2.85. The van der Waals surface area contributed by atoms with Crippen molar-refractivity contribution < 1.29 is 19.0 Å². The summed E-state index contributed by atoms with van der Waals surface area (Å²) in [4.78, 5) is 30.9. The van der Waals surface area contributed by atoms with E-state index in [0.717, 1.165) is 4.68 Å². The van der Waals surface area contributed by atoms with Crippen molar-refractivity contribution in [2.24, 2.45) is 0 Å². The number of hydrogen-bond donors (Lipinski definition) is 1. The lowest BCUT2D eigenvalue weighted by Gasteiger charge is -2.15. The Bertz CT molecular complexity index is 1350. The number of nitrogens with one attached hydrogen (secondary N) is 1. The van der Waals surface area contributed by atoms with Gasteiger partial charge in [-0.2, -0.15) is 4.68 Å². The topological polar surface area (TPSA) is 91.7 Å². The Morgan fingerprint density at radius 2 is 1.59 bits per heavy atom. The van der Waals surface area contributed by atoms with Gasteiger partial charge in [0.1, 0.15) is 5.75 Å². The molecule has 0 bridgehead atoms. The Morgan fingerprint density at radius 1 is 0.875 bits per heavy atom. The maximum Gasteiger partial charge on any atom is 0.280 e. The molecule has 0 spiro atoms. The average molecular weight is 431 g/mol. The first-order chi connectivity index (χ1) is 15.5. The number of carbonyl (C=O) groups excluding carboxylic acids is 1. The van der Waals surface area contributed by atoms with Crippen LogP contribution in [0.2, 0.25) is 0 Å². The van der Waals surface area contributed by atoms with E-state index >= 15 is 0 Å². The Hall–Kier alpha value is -4.33. The molecule has 0 radical (unpaired) electrons. The lowest BCUT2D eigenvalue weighted by molar-refractivity contribution is 0.101. The fourth-order valence-corrected chi connectivity index (χ4v) is 3.31. The van der Waals surface area contributed by atoms with Gasteiger partial charge in [0.15, 0.2) is 17.3 Å². The molecule has 32 heavy (non-hydrogen) atoms. The zero-order valence-corrected chi connectivity index (χ0v) is 17.8. The number of para-hydroxylation sites is 1. The highest BCUT2D eigenvalue weighted by atomic mass is 16.5. The van der Waals surface area contributed by atoms with Crippen molar-refractivity contribution in [2.75, 3.05) is 26.8 Å². The molecule has 0 unspecified atom stereocenters. The molecule has 4 aromatic rings. The van der Waals surface area contributed by atoms with E-state index in [4.69, 9.17) is 14.2 Å². The third kappa shape index (κ3) is 3.85. The van der Waals surface area contributed by atoms with E-state index in [0.29, 0.717) is 45.1 Å². The van der Waals surface area contributed by atoms with E-state index in [-0.39, 0.29) is 0 Å². The molecule has 0 fully saturated rings. The highest BCUT2D eigenvalue weighted by Crippen LogP contribution is 2.28. The van der Waals surface area contributed by atoms with Gasteiger partial charge in [-0.25, -0.2) is 4.98 Å². The summed E-state index contributed by atoms with van der Waals surface area (Å²) in [6, 6.07) is 18.8. The van der Waals surface area contributed by atoms with Crippen LogP contribution in [0.15, 0.2) is 71.5 Å². The minimum atomic E-state index is -0.500. The monoisotopic (exact) mass is 431 g/mol. The normalized spacial score (nSPS) is 10.6. The fourth-order valence-electron chi connectivity index (χ4n) is 3.31. The minimum absolute atomic E-state index is 0.295. The molecule has 1 amide bonds. The highest BCUT2D eigenvalue weighted by Gasteiger charge is 2.17. The second kappa shape index (κ2) is 8.81. The number of fused-ring (bicyclic) bond motifs is 1. The summed E-state index contributed by atoms with van der Waals surface area (Å²) in [7, 11) is 4.57. The van der Waals surface area contributed by atoms with Gasteiger partial charge in [-0.05, 0) is 54.6 Å². The molecule has 1 N–H and O–H groups in total. The highest BCUT2D eigenvalue weighted by molar-refractivity contribution is 6.01. The van der Waals surface area contributed by atoms with E-state index in [1.807, 2.05) is 0 Å². The summed E-state index contributed by atoms with van der Waals surface area (Å²) in [5, 5.41) is 0.386. The Labute approximate surface area is 184 Å². The van der Waals surface area contributed by atoms with Crippen LogP contribution in [-0.4, -0.2) is 36.9 Å². The molecule has 0 aliphatic rings. The first-order valence-corrected chi connectivity index (χ1v) is 9.75. The molecule has 0 atom stereocenters. The van der Waals surface area contributed by atoms with Crippen molar-refractivity contribution in [1.82, 2.24) is 9.66 Å². The van der Waals surface area contributed by atoms with Crippen LogP contribution in [0.25, 0.3) is 22.3 Å². The first kappa shape index (κ1) is 20.9. The van der Waals surface area contributed by atoms with Crippen molar-refractivity contribution in [3.63, 3.8) is 0 Å². The van der Waals surface area contributed by atoms with Crippen LogP contribution in [-0.2, 0) is 0 Å². The summed E-state index contributed by atoms with van der Waals surface area (Å²) in [6.07, 6.45) is 0. The van der Waals surface area contributed by atoms with E-state index in [1.54, 1.807) is 73.8 Å². The summed E-state index contributed by atoms with van der Waals surface area (Å²) in [5.74, 6) is 1.36. The van der Waals surface area contributed by atoms with Crippen LogP contribution in [0.5, 0.6) is 17.2 Å². The molecule has 3 aromatic carbocycles. The Kier molecular flexibility index (Phi) is 5.76. The maximum atomic E-state index is 13.3. The minimum Gasteiger partial charge on any atom is -0.497 e. The number of amides is 1. The summed E-state index contributed by atoms with van der Waals surface area (Å²) >= 11 is 0. The quantitative estimate of drug-likeness (QED) is 0.503. The zero-order valence-electron chi connectivity index (χ0n) is 17.8. The van der Waals surface area contributed by atoms with Gasteiger partial charge >= 0.3 is 0 Å². The van der Waals surface area contributed by atoms with Crippen LogP contribution in [0, 0.1) is 0 Å². The Balaban J connectivity index is 1.82. The standard InChI is InChI=1S/C24H21N3O5/c1-30-17-11-8-15(9-12-17)22-25-19-7-5-4-6-18(19)24(29)27(22)26-23(28)16-10-13-20(31-2)21(14-16)32-3/h4-14H,1-3H3,(H,26,28). The van der Waals surface area contributed by atoms with Gasteiger partial charge in [-0.15, -0.1) is 0 Å². The molecule has 0 saturated heterocycles. The van der Waals surface area contributed by atoms with Crippen LogP contribution in [0.1, 0.15) is 10.4 Å². The third-order valence-electron chi connectivity index (χ3n) is 4.98. The second-order valence-electron chi connectivity index (χ2n) is 6.83. The molecular formula is C24H21N3O5. The summed E-state index contributed by atoms with van der Waals surface area (Å²) in [5.41, 5.74) is 3.75. The predicted octanol–water partition coefficient (Wildman–Crippen LogP) is 3.47. The molecule has 0 saturated carbocycles. The summed E-state index contributed by atoms with van der Waals surface area (Å²) < 4.78 is 16.9. The van der Waals surface area contributed by atoms with Crippen LogP contribution >= 0.6 is 0 Å². The number of aromatic nitrogens is 2. The number of ether oxygens (including phenoxy) is 3. The zero-order chi connectivity index (χ0) is 22.7.